The molecule has 0 aliphatic heterocycles. The molecule has 34 heavy (non-hydrogen) atoms. The number of halogens is 1. The fourth-order valence-corrected chi connectivity index (χ4v) is 4.73. The summed E-state index contributed by atoms with van der Waals surface area (Å²) in [5.41, 5.74) is 1.24. The molecule has 0 saturated carbocycles. The molecule has 0 saturated heterocycles. The molecule has 1 heterocycles. The fourth-order valence-electron chi connectivity index (χ4n) is 2.96. The predicted octanol–water partition coefficient (Wildman–Crippen LogP) is 4.91. The van der Waals surface area contributed by atoms with E-state index in [0.717, 1.165) is 35.6 Å². The summed E-state index contributed by atoms with van der Waals surface area (Å²) in [7, 11) is -3.98. The number of amides is 1. The molecular formula is C22H15FN4O5S2. The number of nitro groups is 1. The molecule has 0 fully saturated rings. The number of anilines is 2. The molecule has 0 radical (unpaired) electrons. The second-order valence-corrected chi connectivity index (χ2v) is 9.48. The number of hydrogen-bond donors (Lipinski definition) is 2. The molecule has 3 aromatic carbocycles. The number of nitro benzene ring substituents is 1. The minimum absolute atomic E-state index is 0.0732. The molecule has 0 atom stereocenters. The van der Waals surface area contributed by atoms with Gasteiger partial charge in [0.2, 0.25) is 0 Å². The molecule has 0 aliphatic rings. The van der Waals surface area contributed by atoms with Crippen molar-refractivity contribution in [2.75, 3.05) is 10.0 Å². The van der Waals surface area contributed by atoms with Crippen molar-refractivity contribution in [2.45, 2.75) is 4.90 Å². The lowest BCUT2D eigenvalue weighted by Crippen LogP contribution is -2.15. The number of aromatic nitrogens is 1. The van der Waals surface area contributed by atoms with Gasteiger partial charge in [-0.25, -0.2) is 17.8 Å². The van der Waals surface area contributed by atoms with Gasteiger partial charge in [0.1, 0.15) is 5.82 Å². The van der Waals surface area contributed by atoms with Crippen molar-refractivity contribution in [3.8, 4) is 11.3 Å². The Labute approximate surface area is 197 Å². The molecule has 0 aliphatic carbocycles. The highest BCUT2D eigenvalue weighted by Gasteiger charge is 2.16. The monoisotopic (exact) mass is 498 g/mol. The van der Waals surface area contributed by atoms with Gasteiger partial charge in [0.25, 0.3) is 21.6 Å². The number of nitrogens with zero attached hydrogens (tertiary/aromatic N) is 2. The van der Waals surface area contributed by atoms with E-state index in [1.54, 1.807) is 17.5 Å². The summed E-state index contributed by atoms with van der Waals surface area (Å²) in [6, 6.07) is 16.1. The number of hydrogen-bond acceptors (Lipinski definition) is 7. The third kappa shape index (κ3) is 5.24. The fraction of sp³-hybridized carbons (Fsp3) is 0. The van der Waals surface area contributed by atoms with Gasteiger partial charge in [-0.1, -0.05) is 18.2 Å². The first-order chi connectivity index (χ1) is 16.2. The predicted molar refractivity (Wildman–Crippen MR) is 126 cm³/mol. The number of carbonyl (C=O) groups excluding carboxylic acids is 1. The third-order valence-corrected chi connectivity index (χ3v) is 6.73. The third-order valence-electron chi connectivity index (χ3n) is 4.58. The number of carbonyl (C=O) groups is 1. The number of rotatable bonds is 7. The molecular weight excluding hydrogens is 483 g/mol. The van der Waals surface area contributed by atoms with Crippen LogP contribution in [0.4, 0.5) is 20.9 Å². The van der Waals surface area contributed by atoms with Crippen LogP contribution in [0.2, 0.25) is 0 Å². The molecule has 4 rings (SSSR count). The molecule has 9 nitrogen and oxygen atoms in total. The number of non-ortho nitro benzene ring substituents is 1. The van der Waals surface area contributed by atoms with Crippen LogP contribution in [0.25, 0.3) is 11.3 Å². The first-order valence-corrected chi connectivity index (χ1v) is 12.0. The zero-order valence-electron chi connectivity index (χ0n) is 17.1. The molecule has 172 valence electrons. The minimum atomic E-state index is -3.98. The SMILES string of the molecule is O=C(Nc1nc(-c2cccc([N+](=O)[O-])c2)cs1)c1cccc(NS(=O)(=O)c2ccc(F)cc2)c1. The maximum atomic E-state index is 13.1. The van der Waals surface area contributed by atoms with Crippen LogP contribution >= 0.6 is 11.3 Å². The lowest BCUT2D eigenvalue weighted by Gasteiger charge is -2.09. The zero-order chi connectivity index (χ0) is 24.3. The molecule has 2 N–H and O–H groups in total. The average molecular weight is 499 g/mol. The molecule has 1 aromatic heterocycles. The van der Waals surface area contributed by atoms with Crippen molar-refractivity contribution in [2.24, 2.45) is 0 Å². The number of benzene rings is 3. The van der Waals surface area contributed by atoms with E-state index in [4.69, 9.17) is 0 Å². The van der Waals surface area contributed by atoms with E-state index < -0.39 is 26.7 Å². The summed E-state index contributed by atoms with van der Waals surface area (Å²) in [5, 5.41) is 15.5. The van der Waals surface area contributed by atoms with Gasteiger partial charge in [0.15, 0.2) is 5.13 Å². The Morgan fingerprint density at radius 2 is 1.76 bits per heavy atom. The Morgan fingerprint density at radius 3 is 2.50 bits per heavy atom. The van der Waals surface area contributed by atoms with Gasteiger partial charge in [-0.3, -0.25) is 24.9 Å². The van der Waals surface area contributed by atoms with Crippen molar-refractivity contribution >= 4 is 43.8 Å². The van der Waals surface area contributed by atoms with Crippen molar-refractivity contribution in [1.29, 1.82) is 0 Å². The lowest BCUT2D eigenvalue weighted by atomic mass is 10.1. The largest absolute Gasteiger partial charge is 0.298 e. The number of nitrogens with one attached hydrogen (secondary N) is 2. The first-order valence-electron chi connectivity index (χ1n) is 9.61. The van der Waals surface area contributed by atoms with Crippen molar-refractivity contribution in [3.05, 3.63) is 99.7 Å². The van der Waals surface area contributed by atoms with Crippen molar-refractivity contribution in [1.82, 2.24) is 4.98 Å². The average Bonchev–Trinajstić information content (AvgIpc) is 3.28. The van der Waals surface area contributed by atoms with Crippen molar-refractivity contribution < 1.29 is 22.5 Å². The van der Waals surface area contributed by atoms with Gasteiger partial charge < -0.3 is 0 Å². The topological polar surface area (TPSA) is 131 Å². The van der Waals surface area contributed by atoms with Gasteiger partial charge in [0.05, 0.1) is 15.5 Å². The second kappa shape index (κ2) is 9.37. The van der Waals surface area contributed by atoms with Crippen LogP contribution in [0.1, 0.15) is 10.4 Å². The molecule has 0 spiro atoms. The highest BCUT2D eigenvalue weighted by atomic mass is 32.2. The van der Waals surface area contributed by atoms with Crippen LogP contribution in [0.5, 0.6) is 0 Å². The summed E-state index contributed by atoms with van der Waals surface area (Å²) in [5.74, 6) is -1.09. The van der Waals surface area contributed by atoms with Crippen LogP contribution < -0.4 is 10.0 Å². The summed E-state index contributed by atoms with van der Waals surface area (Å²) in [6.45, 7) is 0. The highest BCUT2D eigenvalue weighted by molar-refractivity contribution is 7.92. The van der Waals surface area contributed by atoms with Gasteiger partial charge >= 0.3 is 0 Å². The molecule has 4 aromatic rings. The highest BCUT2D eigenvalue weighted by Crippen LogP contribution is 2.28. The Kier molecular flexibility index (Phi) is 6.34. The molecule has 12 heteroatoms. The lowest BCUT2D eigenvalue weighted by molar-refractivity contribution is -0.384. The Balaban J connectivity index is 1.48. The van der Waals surface area contributed by atoms with Crippen LogP contribution in [-0.2, 0) is 10.0 Å². The van der Waals surface area contributed by atoms with Gasteiger partial charge in [-0.15, -0.1) is 11.3 Å². The van der Waals surface area contributed by atoms with Gasteiger partial charge in [-0.05, 0) is 42.5 Å². The second-order valence-electron chi connectivity index (χ2n) is 6.94. The molecule has 0 unspecified atom stereocenters. The van der Waals surface area contributed by atoms with Crippen LogP contribution in [0.15, 0.2) is 83.1 Å². The summed E-state index contributed by atoms with van der Waals surface area (Å²) < 4.78 is 40.4. The molecule has 1 amide bonds. The zero-order valence-corrected chi connectivity index (χ0v) is 18.8. The van der Waals surface area contributed by atoms with Gasteiger partial charge in [0, 0.05) is 34.3 Å². The summed E-state index contributed by atoms with van der Waals surface area (Å²) >= 11 is 1.14. The maximum absolute atomic E-state index is 13.1. The van der Waals surface area contributed by atoms with E-state index >= 15 is 0 Å². The van der Waals surface area contributed by atoms with Gasteiger partial charge in [-0.2, -0.15) is 0 Å². The maximum Gasteiger partial charge on any atom is 0.270 e. The van der Waals surface area contributed by atoms with E-state index in [9.17, 15) is 27.7 Å². The number of thiazole rings is 1. The molecule has 0 bridgehead atoms. The Hall–Kier alpha value is -4.16. The van der Waals surface area contributed by atoms with E-state index in [1.807, 2.05) is 0 Å². The van der Waals surface area contributed by atoms with Crippen LogP contribution in [0, 0.1) is 15.9 Å². The Morgan fingerprint density at radius 1 is 1.03 bits per heavy atom. The standard InChI is InChI=1S/C22H15FN4O5S2/c23-16-7-9-19(10-8-16)34(31,32)26-17-5-1-4-15(11-17)21(28)25-22-24-20(13-33-22)14-3-2-6-18(12-14)27(29)30/h1-13,26H,(H,24,25,28). The minimum Gasteiger partial charge on any atom is -0.298 e. The van der Waals surface area contributed by atoms with E-state index in [-0.39, 0.29) is 27.0 Å². The number of sulfonamides is 1. The Bertz CT molecular complexity index is 1490. The van der Waals surface area contributed by atoms with Crippen LogP contribution in [0.3, 0.4) is 0 Å². The summed E-state index contributed by atoms with van der Waals surface area (Å²) in [4.78, 5) is 27.3. The van der Waals surface area contributed by atoms with E-state index in [1.165, 1.54) is 36.4 Å². The van der Waals surface area contributed by atoms with Crippen molar-refractivity contribution in [3.63, 3.8) is 0 Å². The van der Waals surface area contributed by atoms with Crippen LogP contribution in [-0.4, -0.2) is 24.2 Å². The first kappa shape index (κ1) is 23.0. The summed E-state index contributed by atoms with van der Waals surface area (Å²) in [6.07, 6.45) is 0. The normalized spacial score (nSPS) is 11.1. The van der Waals surface area contributed by atoms with E-state index in [2.05, 4.69) is 15.0 Å². The van der Waals surface area contributed by atoms with E-state index in [0.29, 0.717) is 11.3 Å². The smallest absolute Gasteiger partial charge is 0.270 e. The quantitative estimate of drug-likeness (QED) is 0.275.